The maximum absolute atomic E-state index is 13.7. The number of halogens is 1. The van der Waals surface area contributed by atoms with Gasteiger partial charge in [-0.25, -0.2) is 4.98 Å². The molecule has 0 bridgehead atoms. The van der Waals surface area contributed by atoms with Crippen molar-refractivity contribution >= 4 is 55.4 Å². The van der Waals surface area contributed by atoms with Gasteiger partial charge in [0.1, 0.15) is 12.2 Å². The number of non-ortho nitro benzene ring substituents is 1. The van der Waals surface area contributed by atoms with E-state index in [1.165, 1.54) is 36.5 Å². The normalized spacial score (nSPS) is 11.3. The van der Waals surface area contributed by atoms with Gasteiger partial charge in [-0.2, -0.15) is 9.78 Å². The van der Waals surface area contributed by atoms with Crippen LogP contribution in [0.3, 0.4) is 0 Å². The van der Waals surface area contributed by atoms with Crippen molar-refractivity contribution in [2.45, 2.75) is 13.5 Å². The smallest absolute Gasteiger partial charge is 0.315 e. The molecule has 4 aromatic carbocycles. The number of nitro groups is 2. The highest BCUT2D eigenvalue weighted by Gasteiger charge is 2.23. The minimum Gasteiger partial charge on any atom is -0.490 e. The highest BCUT2D eigenvalue weighted by Crippen LogP contribution is 2.39. The van der Waals surface area contributed by atoms with Crippen molar-refractivity contribution in [1.29, 1.82) is 0 Å². The Morgan fingerprint density at radius 3 is 2.59 bits per heavy atom. The highest BCUT2D eigenvalue weighted by atomic mass is 79.9. The average Bonchev–Trinajstić information content (AvgIpc) is 3.47. The third kappa shape index (κ3) is 6.05. The maximum atomic E-state index is 13.7. The number of fused-ring (bicyclic) bond motifs is 2. The number of ether oxygens (including phenoxy) is 2. The zero-order valence-electron chi connectivity index (χ0n) is 24.0. The predicted octanol–water partition coefficient (Wildman–Crippen LogP) is 7.25. The van der Waals surface area contributed by atoms with Crippen molar-refractivity contribution in [2.24, 2.45) is 5.10 Å². The van der Waals surface area contributed by atoms with Crippen LogP contribution in [0.2, 0.25) is 0 Å². The number of nitro benzene ring substituents is 2. The van der Waals surface area contributed by atoms with E-state index in [4.69, 9.17) is 13.9 Å². The van der Waals surface area contributed by atoms with Crippen molar-refractivity contribution in [3.05, 3.63) is 131 Å². The molecule has 0 saturated heterocycles. The van der Waals surface area contributed by atoms with E-state index in [0.29, 0.717) is 27.8 Å². The molecule has 0 unspecified atom stereocenters. The molecule has 2 heterocycles. The average molecular weight is 684 g/mol. The Hall–Kier alpha value is -5.89. The number of rotatable bonds is 10. The summed E-state index contributed by atoms with van der Waals surface area (Å²) in [7, 11) is 0. The van der Waals surface area contributed by atoms with Gasteiger partial charge in [-0.05, 0) is 55.0 Å². The van der Waals surface area contributed by atoms with Gasteiger partial charge in [0.2, 0.25) is 11.6 Å². The Kier molecular flexibility index (Phi) is 8.27. The zero-order chi connectivity index (χ0) is 32.4. The van der Waals surface area contributed by atoms with E-state index < -0.39 is 21.1 Å². The fraction of sp³-hybridized carbons (Fsp3) is 0.0938. The largest absolute Gasteiger partial charge is 0.490 e. The van der Waals surface area contributed by atoms with Gasteiger partial charge in [-0.15, -0.1) is 0 Å². The summed E-state index contributed by atoms with van der Waals surface area (Å²) in [6, 6.07) is 22.5. The number of nitrogens with zero attached hydrogens (tertiary/aromatic N) is 5. The lowest BCUT2D eigenvalue weighted by Gasteiger charge is -2.13. The molecule has 6 aromatic rings. The predicted molar refractivity (Wildman–Crippen MR) is 174 cm³/mol. The van der Waals surface area contributed by atoms with Crippen LogP contribution in [0.25, 0.3) is 33.5 Å². The molecule has 6 rings (SSSR count). The molecule has 0 amide bonds. The molecule has 0 radical (unpaired) electrons. The van der Waals surface area contributed by atoms with E-state index in [2.05, 4.69) is 26.0 Å². The maximum Gasteiger partial charge on any atom is 0.315 e. The van der Waals surface area contributed by atoms with Crippen LogP contribution >= 0.6 is 15.9 Å². The molecule has 2 aromatic heterocycles. The molecule has 0 aliphatic rings. The van der Waals surface area contributed by atoms with E-state index in [9.17, 15) is 25.0 Å². The number of hydrogen-bond acceptors (Lipinski definition) is 10. The first-order chi connectivity index (χ1) is 22.2. The lowest BCUT2D eigenvalue weighted by atomic mass is 10.1. The third-order valence-electron chi connectivity index (χ3n) is 6.83. The second-order valence-electron chi connectivity index (χ2n) is 9.88. The van der Waals surface area contributed by atoms with Crippen molar-refractivity contribution in [3.8, 4) is 23.1 Å². The first kappa shape index (κ1) is 30.1. The molecule has 0 fully saturated rings. The topological polar surface area (TPSA) is 165 Å². The molecule has 46 heavy (non-hydrogen) atoms. The Balaban J connectivity index is 1.43. The lowest BCUT2D eigenvalue weighted by Crippen LogP contribution is -2.20. The van der Waals surface area contributed by atoms with Crippen molar-refractivity contribution in [1.82, 2.24) is 9.66 Å². The first-order valence-electron chi connectivity index (χ1n) is 13.8. The van der Waals surface area contributed by atoms with Crippen LogP contribution in [-0.2, 0) is 6.61 Å². The quantitative estimate of drug-likeness (QED) is 0.0821. The molecule has 230 valence electrons. The van der Waals surface area contributed by atoms with Crippen molar-refractivity contribution in [2.75, 3.05) is 6.61 Å². The fourth-order valence-corrected chi connectivity index (χ4v) is 5.16. The van der Waals surface area contributed by atoms with Crippen LogP contribution < -0.4 is 15.0 Å². The molecular weight excluding hydrogens is 662 g/mol. The van der Waals surface area contributed by atoms with Crippen LogP contribution in [0, 0.1) is 20.2 Å². The van der Waals surface area contributed by atoms with Crippen LogP contribution in [0.15, 0.2) is 104 Å². The Labute approximate surface area is 267 Å². The minimum atomic E-state index is -0.635. The number of para-hydroxylation sites is 1. The summed E-state index contributed by atoms with van der Waals surface area (Å²) in [5.41, 5.74) is 0.645. The second kappa shape index (κ2) is 12.6. The standard InChI is InChI=1S/C32H22BrN5O8/c1-2-44-28-14-20(13-26(38(42)43)30(28)45-18-19-6-5-7-23(12-19)37(40)41)17-34-36-31(35-25-9-4-3-8-24(25)32(36)39)29-16-21-15-22(33)10-11-27(21)46-29/h3-17H,2,18H2,1H3. The van der Waals surface area contributed by atoms with Crippen LogP contribution in [0.5, 0.6) is 11.5 Å². The summed E-state index contributed by atoms with van der Waals surface area (Å²) in [6.45, 7) is 1.67. The Morgan fingerprint density at radius 1 is 0.978 bits per heavy atom. The van der Waals surface area contributed by atoms with Gasteiger partial charge >= 0.3 is 5.69 Å². The van der Waals surface area contributed by atoms with Gasteiger partial charge in [0, 0.05) is 33.6 Å². The van der Waals surface area contributed by atoms with Crippen molar-refractivity contribution < 1.29 is 23.7 Å². The highest BCUT2D eigenvalue weighted by molar-refractivity contribution is 9.10. The van der Waals surface area contributed by atoms with Crippen LogP contribution in [-0.4, -0.2) is 32.3 Å². The lowest BCUT2D eigenvalue weighted by molar-refractivity contribution is -0.386. The first-order valence-corrected chi connectivity index (χ1v) is 14.6. The molecule has 0 spiro atoms. The second-order valence-corrected chi connectivity index (χ2v) is 10.8. The van der Waals surface area contributed by atoms with Crippen molar-refractivity contribution in [3.63, 3.8) is 0 Å². The molecule has 0 atom stereocenters. The van der Waals surface area contributed by atoms with Gasteiger partial charge in [0.05, 0.1) is 33.6 Å². The number of furan rings is 1. The van der Waals surface area contributed by atoms with Gasteiger partial charge in [-0.1, -0.05) is 40.2 Å². The summed E-state index contributed by atoms with van der Waals surface area (Å²) in [5, 5.41) is 28.8. The molecule has 14 heteroatoms. The molecule has 0 saturated carbocycles. The van der Waals surface area contributed by atoms with E-state index in [0.717, 1.165) is 14.5 Å². The number of aromatic nitrogens is 2. The van der Waals surface area contributed by atoms with E-state index in [1.54, 1.807) is 49.4 Å². The molecule has 13 nitrogen and oxygen atoms in total. The molecule has 0 aliphatic carbocycles. The van der Waals surface area contributed by atoms with Crippen LogP contribution in [0.1, 0.15) is 18.1 Å². The fourth-order valence-electron chi connectivity index (χ4n) is 4.78. The van der Waals surface area contributed by atoms with E-state index in [-0.39, 0.29) is 41.8 Å². The molecule has 0 aliphatic heterocycles. The van der Waals surface area contributed by atoms with E-state index >= 15 is 0 Å². The van der Waals surface area contributed by atoms with Crippen LogP contribution in [0.4, 0.5) is 11.4 Å². The number of hydrogen-bond donors (Lipinski definition) is 0. The monoisotopic (exact) mass is 683 g/mol. The van der Waals surface area contributed by atoms with E-state index in [1.807, 2.05) is 12.1 Å². The SMILES string of the molecule is CCOc1cc(C=Nn2c(-c3cc4cc(Br)ccc4o3)nc3ccccc3c2=O)cc([N+](=O)[O-])c1OCc1cccc([N+](=O)[O-])c1. The molecular formula is C32H22BrN5O8. The molecule has 0 N–H and O–H groups in total. The summed E-state index contributed by atoms with van der Waals surface area (Å²) >= 11 is 3.45. The van der Waals surface area contributed by atoms with Gasteiger partial charge in [-0.3, -0.25) is 25.0 Å². The Morgan fingerprint density at radius 2 is 1.80 bits per heavy atom. The summed E-state index contributed by atoms with van der Waals surface area (Å²) in [4.78, 5) is 40.5. The summed E-state index contributed by atoms with van der Waals surface area (Å²) < 4.78 is 19.4. The zero-order valence-corrected chi connectivity index (χ0v) is 25.5. The summed E-state index contributed by atoms with van der Waals surface area (Å²) in [5.74, 6) is 0.313. The Bertz CT molecular complexity index is 2240. The third-order valence-corrected chi connectivity index (χ3v) is 7.33. The minimum absolute atomic E-state index is 0.0515. The number of benzene rings is 4. The van der Waals surface area contributed by atoms with Gasteiger partial charge in [0.25, 0.3) is 11.2 Å². The van der Waals surface area contributed by atoms with Gasteiger partial charge in [0.15, 0.2) is 11.5 Å². The summed E-state index contributed by atoms with van der Waals surface area (Å²) in [6.07, 6.45) is 1.28. The van der Waals surface area contributed by atoms with Gasteiger partial charge < -0.3 is 13.9 Å².